The first-order chi connectivity index (χ1) is 9.38. The average Bonchev–Trinajstić information content (AvgIpc) is 2.72. The Morgan fingerprint density at radius 2 is 2.20 bits per heavy atom. The molecule has 2 heterocycles. The molecule has 0 aliphatic carbocycles. The van der Waals surface area contributed by atoms with Crippen LogP contribution in [0, 0.1) is 0 Å². The summed E-state index contributed by atoms with van der Waals surface area (Å²) in [4.78, 5) is 15.7. The van der Waals surface area contributed by atoms with Crippen molar-refractivity contribution < 1.29 is 9.53 Å². The van der Waals surface area contributed by atoms with Crippen molar-refractivity contribution in [2.75, 3.05) is 6.61 Å². The van der Waals surface area contributed by atoms with Crippen LogP contribution in [0.4, 0.5) is 0 Å². The fraction of sp³-hybridized carbons (Fsp3) is 0.429. The van der Waals surface area contributed by atoms with Gasteiger partial charge in [-0.2, -0.15) is 0 Å². The van der Waals surface area contributed by atoms with Gasteiger partial charge in [0.25, 0.3) is 5.91 Å². The summed E-state index contributed by atoms with van der Waals surface area (Å²) < 4.78 is 7.50. The lowest BCUT2D eigenvalue weighted by Gasteiger charge is -2.16. The van der Waals surface area contributed by atoms with Crippen LogP contribution in [-0.4, -0.2) is 30.1 Å². The van der Waals surface area contributed by atoms with Gasteiger partial charge in [-0.3, -0.25) is 9.78 Å². The molecule has 0 aliphatic heterocycles. The van der Waals surface area contributed by atoms with E-state index in [1.165, 1.54) is 0 Å². The van der Waals surface area contributed by atoms with Gasteiger partial charge in [0.05, 0.1) is 11.0 Å². The van der Waals surface area contributed by atoms with E-state index in [1.807, 2.05) is 12.1 Å². The molecule has 20 heavy (non-hydrogen) atoms. The summed E-state index contributed by atoms with van der Waals surface area (Å²) in [5, 5.41) is 0. The van der Waals surface area contributed by atoms with Crippen LogP contribution in [0.15, 0.2) is 24.4 Å². The number of nitrogens with two attached hydrogens (primary N) is 1. The van der Waals surface area contributed by atoms with Gasteiger partial charge in [-0.1, -0.05) is 19.6 Å². The minimum Gasteiger partial charge on any atom is -0.364 e. The normalized spacial score (nSPS) is 11.9. The molecule has 2 aromatic heterocycles. The van der Waals surface area contributed by atoms with E-state index in [-0.39, 0.29) is 0 Å². The van der Waals surface area contributed by atoms with E-state index in [2.05, 4.69) is 24.6 Å². The molecule has 0 saturated carbocycles. The molecule has 0 unspecified atom stereocenters. The molecule has 2 aromatic rings. The smallest absolute Gasteiger partial charge is 0.265 e. The van der Waals surface area contributed by atoms with Crippen molar-refractivity contribution in [3.8, 4) is 0 Å². The zero-order valence-electron chi connectivity index (χ0n) is 12.2. The lowest BCUT2D eigenvalue weighted by Crippen LogP contribution is -2.23. The van der Waals surface area contributed by atoms with Crippen molar-refractivity contribution in [3.63, 3.8) is 0 Å². The first-order valence-electron chi connectivity index (χ1n) is 6.70. The van der Waals surface area contributed by atoms with Crippen LogP contribution in [0.3, 0.4) is 0 Å². The van der Waals surface area contributed by atoms with Gasteiger partial charge in [0.2, 0.25) is 0 Å². The molecule has 0 aliphatic rings. The molecule has 0 aromatic carbocycles. The van der Waals surface area contributed by atoms with Gasteiger partial charge >= 0.3 is 0 Å². The van der Waals surface area contributed by atoms with Crippen LogP contribution in [0.2, 0.25) is 25.7 Å². The Labute approximate surface area is 119 Å². The molecule has 0 spiro atoms. The van der Waals surface area contributed by atoms with Crippen LogP contribution >= 0.6 is 0 Å². The number of hydrogen-bond acceptors (Lipinski definition) is 3. The summed E-state index contributed by atoms with van der Waals surface area (Å²) in [7, 11) is -1.11. The van der Waals surface area contributed by atoms with E-state index in [1.54, 1.807) is 16.8 Å². The quantitative estimate of drug-likeness (QED) is 0.656. The Hall–Kier alpha value is -1.66. The molecule has 0 atom stereocenters. The Morgan fingerprint density at radius 3 is 2.85 bits per heavy atom. The number of pyridine rings is 1. The average molecular weight is 291 g/mol. The molecule has 0 bridgehead atoms. The zero-order valence-corrected chi connectivity index (χ0v) is 13.2. The standard InChI is InChI=1S/C14H21N3O2Si/c1-20(2,3)8-7-19-10-17-12-5-4-6-16-11(12)9-13(17)14(15)18/h4-6,9H,7-8,10H2,1-3H3,(H2,15,18). The van der Waals surface area contributed by atoms with E-state index >= 15 is 0 Å². The summed E-state index contributed by atoms with van der Waals surface area (Å²) in [5.74, 6) is -0.461. The van der Waals surface area contributed by atoms with Crippen molar-refractivity contribution in [1.82, 2.24) is 9.55 Å². The highest BCUT2D eigenvalue weighted by atomic mass is 28.3. The minimum absolute atomic E-state index is 0.331. The van der Waals surface area contributed by atoms with Gasteiger partial charge in [0, 0.05) is 20.9 Å². The van der Waals surface area contributed by atoms with E-state index in [4.69, 9.17) is 10.5 Å². The topological polar surface area (TPSA) is 70.1 Å². The molecule has 5 nitrogen and oxygen atoms in total. The highest BCUT2D eigenvalue weighted by Gasteiger charge is 2.15. The van der Waals surface area contributed by atoms with E-state index in [0.717, 1.165) is 17.1 Å². The van der Waals surface area contributed by atoms with Gasteiger partial charge in [0.1, 0.15) is 12.4 Å². The summed E-state index contributed by atoms with van der Waals surface area (Å²) in [6.45, 7) is 7.95. The maximum atomic E-state index is 11.5. The number of ether oxygens (including phenoxy) is 1. The number of primary amides is 1. The maximum absolute atomic E-state index is 11.5. The first kappa shape index (κ1) is 14.7. The van der Waals surface area contributed by atoms with E-state index in [0.29, 0.717) is 19.0 Å². The number of carbonyl (C=O) groups excluding carboxylic acids is 1. The van der Waals surface area contributed by atoms with Crippen LogP contribution in [0.25, 0.3) is 11.0 Å². The maximum Gasteiger partial charge on any atom is 0.265 e. The van der Waals surface area contributed by atoms with Crippen LogP contribution in [0.1, 0.15) is 10.5 Å². The Bertz CT molecular complexity index is 616. The Kier molecular flexibility index (Phi) is 4.25. The predicted molar refractivity (Wildman–Crippen MR) is 82.4 cm³/mol. The monoisotopic (exact) mass is 291 g/mol. The van der Waals surface area contributed by atoms with Gasteiger partial charge in [0.15, 0.2) is 0 Å². The molecular weight excluding hydrogens is 270 g/mol. The van der Waals surface area contributed by atoms with Crippen LogP contribution in [0.5, 0.6) is 0 Å². The summed E-state index contributed by atoms with van der Waals surface area (Å²) in [6.07, 6.45) is 1.70. The van der Waals surface area contributed by atoms with Crippen molar-refractivity contribution >= 4 is 25.0 Å². The highest BCUT2D eigenvalue weighted by Crippen LogP contribution is 2.18. The number of carbonyl (C=O) groups is 1. The molecule has 2 rings (SSSR count). The first-order valence-corrected chi connectivity index (χ1v) is 10.4. The van der Waals surface area contributed by atoms with Crippen molar-refractivity contribution in [3.05, 3.63) is 30.1 Å². The van der Waals surface area contributed by atoms with Crippen LogP contribution in [-0.2, 0) is 11.5 Å². The number of amides is 1. The molecule has 1 amide bonds. The van der Waals surface area contributed by atoms with Crippen molar-refractivity contribution in [1.29, 1.82) is 0 Å². The summed E-state index contributed by atoms with van der Waals surface area (Å²) >= 11 is 0. The minimum atomic E-state index is -1.11. The van der Waals surface area contributed by atoms with Crippen LogP contribution < -0.4 is 5.73 Å². The molecule has 0 radical (unpaired) electrons. The highest BCUT2D eigenvalue weighted by molar-refractivity contribution is 6.76. The second-order valence-corrected chi connectivity index (χ2v) is 11.7. The SMILES string of the molecule is C[Si](C)(C)CCOCn1c(C(N)=O)cc2ncccc21. The number of rotatable bonds is 6. The van der Waals surface area contributed by atoms with Gasteiger partial charge in [-0.15, -0.1) is 0 Å². The second-order valence-electron chi connectivity index (χ2n) is 6.08. The molecule has 2 N–H and O–H groups in total. The van der Waals surface area contributed by atoms with E-state index in [9.17, 15) is 4.79 Å². The third-order valence-corrected chi connectivity index (χ3v) is 4.84. The summed E-state index contributed by atoms with van der Waals surface area (Å²) in [5.41, 5.74) is 7.48. The third kappa shape index (κ3) is 3.46. The molecule has 108 valence electrons. The molecular formula is C14H21N3O2Si. The van der Waals surface area contributed by atoms with Gasteiger partial charge in [-0.05, 0) is 24.2 Å². The number of hydrogen-bond donors (Lipinski definition) is 1. The van der Waals surface area contributed by atoms with Gasteiger partial charge < -0.3 is 15.0 Å². The molecule has 6 heteroatoms. The fourth-order valence-corrected chi connectivity index (χ4v) is 2.72. The van der Waals surface area contributed by atoms with Gasteiger partial charge in [-0.25, -0.2) is 0 Å². The van der Waals surface area contributed by atoms with E-state index < -0.39 is 14.0 Å². The second kappa shape index (κ2) is 5.76. The largest absolute Gasteiger partial charge is 0.364 e. The van der Waals surface area contributed by atoms with Crippen molar-refractivity contribution in [2.24, 2.45) is 5.73 Å². The lowest BCUT2D eigenvalue weighted by atomic mass is 10.4. The Morgan fingerprint density at radius 1 is 1.45 bits per heavy atom. The number of nitrogens with zero attached hydrogens (tertiary/aromatic N) is 2. The number of fused-ring (bicyclic) bond motifs is 1. The fourth-order valence-electron chi connectivity index (χ4n) is 1.96. The third-order valence-electron chi connectivity index (χ3n) is 3.14. The summed E-state index contributed by atoms with van der Waals surface area (Å²) in [6, 6.07) is 6.55. The Balaban J connectivity index is 2.15. The predicted octanol–water partition coefficient (Wildman–Crippen LogP) is 2.45. The number of aromatic nitrogens is 2. The van der Waals surface area contributed by atoms with Crippen molar-refractivity contribution in [2.45, 2.75) is 32.4 Å². The molecule has 0 fully saturated rings. The zero-order chi connectivity index (χ0) is 14.8. The lowest BCUT2D eigenvalue weighted by molar-refractivity contribution is 0.0830. The molecule has 0 saturated heterocycles.